The van der Waals surface area contributed by atoms with Crippen molar-refractivity contribution in [1.29, 1.82) is 0 Å². The second-order valence-corrected chi connectivity index (χ2v) is 29.0. The molecule has 0 radical (unpaired) electrons. The average Bonchev–Trinajstić information content (AvgIpc) is 0.680. The van der Waals surface area contributed by atoms with Gasteiger partial charge in [-0.05, 0) is 104 Å². The summed E-state index contributed by atoms with van der Waals surface area (Å²) in [6.07, 6.45) is -32.8. The Morgan fingerprint density at radius 2 is 1.09 bits per heavy atom. The van der Waals surface area contributed by atoms with Gasteiger partial charge in [-0.2, -0.15) is 0 Å². The lowest BCUT2D eigenvalue weighted by atomic mass is 9.33. The quantitative estimate of drug-likeness (QED) is 0.0471. The molecule has 0 spiro atoms. The standard InChI is InChI=1S/C60H98O27/c1-24-34(65)38(69)43(74)50(79-24)86-47-40(71)37(68)29(21-62)81-53(47)87-48-42(73)41(72)45(49(76)77-9)84-54(48)82-32-13-14-57(5)30(58(32,6)23-63)12-15-60(8)31(57)11-10-25-26-18-55(2,3)19-33(56(26,4)16-17-59(25,60)7)83-52-46(35(66)27(64)22-78-52)85-51-44(75)39(70)36(67)28(20-61)80-51/h10,24,26-48,50-54,61-75H,11-23H2,1-9H3. The highest BCUT2D eigenvalue weighted by atomic mass is 16.8. The van der Waals surface area contributed by atoms with E-state index in [0.717, 1.165) is 39.2 Å². The van der Waals surface area contributed by atoms with Crippen LogP contribution in [0.4, 0.5) is 0 Å². The minimum absolute atomic E-state index is 0.0268. The molecule has 5 heterocycles. The third-order valence-electron chi connectivity index (χ3n) is 23.5. The van der Waals surface area contributed by atoms with Gasteiger partial charge in [-0.1, -0.05) is 60.1 Å². The van der Waals surface area contributed by atoms with Gasteiger partial charge in [-0.15, -0.1) is 0 Å². The molecule has 5 aliphatic heterocycles. The Bertz CT molecular complexity index is 2420. The van der Waals surface area contributed by atoms with Crippen LogP contribution in [-0.2, 0) is 56.9 Å². The SMILES string of the molecule is COC(=O)C1OC(OC2CCC3(C)C(CCC4(C)C3CC=C3C5CC(C)(C)CC(OC6OCC(O)C(O)C6OC6OC(CO)C(O)C(O)C6O)C5(C)CCC34C)C2(C)CO)C(OC2OC(CO)C(O)C(O)C2OC2OC(C)C(O)C(O)C2O)C(O)C1O. The van der Waals surface area contributed by atoms with Crippen molar-refractivity contribution in [3.05, 3.63) is 11.6 Å². The van der Waals surface area contributed by atoms with Crippen molar-refractivity contribution in [1.82, 2.24) is 0 Å². The molecule has 34 unspecified atom stereocenters. The summed E-state index contributed by atoms with van der Waals surface area (Å²) in [5, 5.41) is 164. The number of aliphatic hydroxyl groups excluding tert-OH is 15. The van der Waals surface area contributed by atoms with Gasteiger partial charge in [0.05, 0.1) is 51.8 Å². The summed E-state index contributed by atoms with van der Waals surface area (Å²) in [4.78, 5) is 13.2. The maximum Gasteiger partial charge on any atom is 0.337 e. The van der Waals surface area contributed by atoms with E-state index in [-0.39, 0.29) is 47.2 Å². The van der Waals surface area contributed by atoms with Crippen LogP contribution in [-0.4, -0.2) is 276 Å². The van der Waals surface area contributed by atoms with Crippen molar-refractivity contribution < 1.29 is 133 Å². The van der Waals surface area contributed by atoms with E-state index in [2.05, 4.69) is 47.6 Å². The first-order valence-corrected chi connectivity index (χ1v) is 31.1. The highest BCUT2D eigenvalue weighted by Crippen LogP contribution is 2.76. The fraction of sp³-hybridized carbons (Fsp3) is 0.950. The fourth-order valence-electron chi connectivity index (χ4n) is 17.9. The lowest BCUT2D eigenvalue weighted by molar-refractivity contribution is -0.396. The molecule has 5 aliphatic carbocycles. The van der Waals surface area contributed by atoms with E-state index >= 15 is 0 Å². The van der Waals surface area contributed by atoms with Gasteiger partial charge in [0.15, 0.2) is 37.6 Å². The number of rotatable bonds is 14. The van der Waals surface area contributed by atoms with Gasteiger partial charge in [-0.25, -0.2) is 4.79 Å². The van der Waals surface area contributed by atoms with Crippen LogP contribution < -0.4 is 0 Å². The maximum atomic E-state index is 13.2. The van der Waals surface area contributed by atoms with Crippen LogP contribution in [0.2, 0.25) is 0 Å². The van der Waals surface area contributed by atoms with E-state index in [1.807, 2.05) is 6.92 Å². The lowest BCUT2D eigenvalue weighted by Gasteiger charge is -2.72. The zero-order valence-corrected chi connectivity index (χ0v) is 51.1. The first-order chi connectivity index (χ1) is 40.8. The number of carbonyl (C=O) groups excluding carboxylic acids is 1. The predicted molar refractivity (Wildman–Crippen MR) is 294 cm³/mol. The molecule has 9 fully saturated rings. The summed E-state index contributed by atoms with van der Waals surface area (Å²) in [5.41, 5.74) is -1.37. The normalized spacial score (nSPS) is 55.1. The highest BCUT2D eigenvalue weighted by Gasteiger charge is 2.70. The number of ether oxygens (including phenoxy) is 11. The van der Waals surface area contributed by atoms with E-state index in [9.17, 15) is 81.4 Å². The molecule has 0 aromatic rings. The Hall–Kier alpha value is -1.79. The molecular formula is C60H98O27. The third kappa shape index (κ3) is 11.4. The van der Waals surface area contributed by atoms with Crippen LogP contribution in [0.5, 0.6) is 0 Å². The molecule has 5 saturated heterocycles. The summed E-state index contributed by atoms with van der Waals surface area (Å²) in [7, 11) is 1.07. The van der Waals surface area contributed by atoms with Crippen molar-refractivity contribution in [2.75, 3.05) is 33.5 Å². The summed E-state index contributed by atoms with van der Waals surface area (Å²) in [6, 6.07) is 0. The van der Waals surface area contributed by atoms with Crippen molar-refractivity contribution in [3.8, 4) is 0 Å². The summed E-state index contributed by atoms with van der Waals surface area (Å²) in [5.74, 6) is -1.10. The number of esters is 1. The first-order valence-electron chi connectivity index (χ1n) is 31.1. The fourth-order valence-corrected chi connectivity index (χ4v) is 17.9. The second-order valence-electron chi connectivity index (χ2n) is 29.0. The summed E-state index contributed by atoms with van der Waals surface area (Å²) >= 11 is 0. The minimum atomic E-state index is -2.01. The largest absolute Gasteiger partial charge is 0.467 e. The molecule has 0 aromatic heterocycles. The molecule has 27 nitrogen and oxygen atoms in total. The van der Waals surface area contributed by atoms with Crippen LogP contribution in [0, 0.1) is 50.2 Å². The number of hydrogen-bond acceptors (Lipinski definition) is 27. The highest BCUT2D eigenvalue weighted by molar-refractivity contribution is 5.75. The Labute approximate surface area is 506 Å². The van der Waals surface area contributed by atoms with E-state index < -0.39 is 195 Å². The summed E-state index contributed by atoms with van der Waals surface area (Å²) in [6.45, 7) is 14.9. The number of hydrogen-bond donors (Lipinski definition) is 15. The van der Waals surface area contributed by atoms with Gasteiger partial charge in [0, 0.05) is 10.8 Å². The van der Waals surface area contributed by atoms with E-state index in [4.69, 9.17) is 52.1 Å². The zero-order valence-electron chi connectivity index (χ0n) is 51.1. The van der Waals surface area contributed by atoms with Crippen molar-refractivity contribution >= 4 is 5.97 Å². The van der Waals surface area contributed by atoms with Crippen LogP contribution in [0.25, 0.3) is 0 Å². The molecule has 0 bridgehead atoms. The molecule has 34 atom stereocenters. The second kappa shape index (κ2) is 25.2. The Kier molecular flexibility index (Phi) is 19.7. The Balaban J connectivity index is 0.902. The van der Waals surface area contributed by atoms with Crippen molar-refractivity contribution in [3.63, 3.8) is 0 Å². The van der Waals surface area contributed by atoms with Gasteiger partial charge in [-0.3, -0.25) is 0 Å². The molecule has 15 N–H and O–H groups in total. The summed E-state index contributed by atoms with van der Waals surface area (Å²) < 4.78 is 66.7. The first kappa shape index (κ1) is 68.1. The van der Waals surface area contributed by atoms with E-state index in [1.54, 1.807) is 0 Å². The predicted octanol–water partition coefficient (Wildman–Crippen LogP) is -2.92. The molecule has 10 rings (SSSR count). The van der Waals surface area contributed by atoms with Crippen molar-refractivity contribution in [2.45, 2.75) is 273 Å². The molecule has 87 heavy (non-hydrogen) atoms. The molecular weight excluding hydrogens is 1150 g/mol. The lowest BCUT2D eigenvalue weighted by Crippen LogP contribution is -2.68. The van der Waals surface area contributed by atoms with Gasteiger partial charge < -0.3 is 129 Å². The Morgan fingerprint density at radius 3 is 1.71 bits per heavy atom. The van der Waals surface area contributed by atoms with Gasteiger partial charge in [0.25, 0.3) is 0 Å². The maximum absolute atomic E-state index is 13.2. The number of allylic oxidation sites excluding steroid dienone is 2. The van der Waals surface area contributed by atoms with Crippen LogP contribution in [0.1, 0.15) is 113 Å². The van der Waals surface area contributed by atoms with E-state index in [1.165, 1.54) is 12.5 Å². The van der Waals surface area contributed by atoms with E-state index in [0.29, 0.717) is 25.7 Å². The third-order valence-corrected chi connectivity index (χ3v) is 23.5. The van der Waals surface area contributed by atoms with Crippen LogP contribution in [0.15, 0.2) is 11.6 Å². The van der Waals surface area contributed by atoms with Gasteiger partial charge in [0.1, 0.15) is 104 Å². The van der Waals surface area contributed by atoms with Crippen molar-refractivity contribution in [2.24, 2.45) is 50.2 Å². The van der Waals surface area contributed by atoms with Crippen LogP contribution >= 0.6 is 0 Å². The molecule has 10 aliphatic rings. The topological polar surface area (TPSA) is 422 Å². The van der Waals surface area contributed by atoms with Gasteiger partial charge in [0.2, 0.25) is 0 Å². The zero-order chi connectivity index (χ0) is 63.6. The minimum Gasteiger partial charge on any atom is -0.467 e. The van der Waals surface area contributed by atoms with Gasteiger partial charge >= 0.3 is 5.97 Å². The monoisotopic (exact) mass is 1250 g/mol. The number of aliphatic hydroxyl groups is 15. The molecule has 0 aromatic carbocycles. The number of carbonyl (C=O) groups is 1. The number of fused-ring (bicyclic) bond motifs is 7. The smallest absolute Gasteiger partial charge is 0.337 e. The molecule has 0 amide bonds. The molecule has 500 valence electrons. The number of methoxy groups -OCH3 is 1. The van der Waals surface area contributed by atoms with Crippen LogP contribution in [0.3, 0.4) is 0 Å². The molecule has 27 heteroatoms. The Morgan fingerprint density at radius 1 is 0.540 bits per heavy atom. The average molecular weight is 1250 g/mol. The molecule has 4 saturated carbocycles.